The Bertz CT molecular complexity index is 390. The van der Waals surface area contributed by atoms with E-state index in [4.69, 9.17) is 9.47 Å². The summed E-state index contributed by atoms with van der Waals surface area (Å²) in [5.74, 6) is 1.52. The van der Waals surface area contributed by atoms with Gasteiger partial charge in [0.05, 0.1) is 6.54 Å². The largest absolute Gasteiger partial charge is 0.454 e. The van der Waals surface area contributed by atoms with Crippen molar-refractivity contribution in [3.05, 3.63) is 17.7 Å². The molecule has 0 amide bonds. The molecular weight excluding hydrogens is 194 g/mol. The first kappa shape index (κ1) is 9.83. The number of rotatable bonds is 3. The number of hydrogen-bond donors (Lipinski definition) is 0. The predicted molar refractivity (Wildman–Crippen MR) is 56.6 cm³/mol. The zero-order valence-electron chi connectivity index (χ0n) is 8.82. The second-order valence-electron chi connectivity index (χ2n) is 3.54. The summed E-state index contributed by atoms with van der Waals surface area (Å²) in [5.41, 5.74) is 2.06. The van der Waals surface area contributed by atoms with Gasteiger partial charge in [0, 0.05) is 18.8 Å². The highest BCUT2D eigenvalue weighted by molar-refractivity contribution is 5.66. The number of carbonyl (C=O) groups is 1. The molecule has 1 heterocycles. The fourth-order valence-electron chi connectivity index (χ4n) is 1.65. The number of benzene rings is 1. The minimum Gasteiger partial charge on any atom is -0.454 e. The predicted octanol–water partition coefficient (Wildman–Crippen LogP) is 1.36. The molecule has 15 heavy (non-hydrogen) atoms. The molecule has 0 fully saturated rings. The Morgan fingerprint density at radius 2 is 2.07 bits per heavy atom. The van der Waals surface area contributed by atoms with Crippen LogP contribution in [0, 0.1) is 6.92 Å². The molecule has 0 spiro atoms. The molecule has 0 aromatic heterocycles. The van der Waals surface area contributed by atoms with Crippen LogP contribution in [-0.4, -0.2) is 26.7 Å². The van der Waals surface area contributed by atoms with Gasteiger partial charge < -0.3 is 19.2 Å². The van der Waals surface area contributed by atoms with E-state index in [0.717, 1.165) is 29.0 Å². The van der Waals surface area contributed by atoms with Gasteiger partial charge in [-0.25, -0.2) is 0 Å². The van der Waals surface area contributed by atoms with E-state index < -0.39 is 0 Å². The van der Waals surface area contributed by atoms with Crippen molar-refractivity contribution in [3.8, 4) is 11.5 Å². The Morgan fingerprint density at radius 3 is 2.73 bits per heavy atom. The summed E-state index contributed by atoms with van der Waals surface area (Å²) in [5, 5.41) is 0. The zero-order valence-corrected chi connectivity index (χ0v) is 8.82. The summed E-state index contributed by atoms with van der Waals surface area (Å²) in [6, 6.07) is 3.83. The van der Waals surface area contributed by atoms with Gasteiger partial charge in [0.15, 0.2) is 11.5 Å². The Labute approximate surface area is 88.4 Å². The summed E-state index contributed by atoms with van der Waals surface area (Å²) in [7, 11) is 1.87. The van der Waals surface area contributed by atoms with Crippen molar-refractivity contribution >= 4 is 12.0 Å². The van der Waals surface area contributed by atoms with Gasteiger partial charge in [-0.2, -0.15) is 0 Å². The maximum absolute atomic E-state index is 10.4. The molecule has 0 N–H and O–H groups in total. The van der Waals surface area contributed by atoms with E-state index in [-0.39, 0.29) is 6.79 Å². The van der Waals surface area contributed by atoms with Gasteiger partial charge in [-0.3, -0.25) is 0 Å². The maximum atomic E-state index is 10.4. The lowest BCUT2D eigenvalue weighted by Gasteiger charge is -2.18. The standard InChI is InChI=1S/C11H13NO3/c1-8-5-10-11(15-7-14-10)6-9(8)12(2)3-4-13/h4-6H,3,7H2,1-2H3. The van der Waals surface area contributed by atoms with Crippen molar-refractivity contribution in [3.63, 3.8) is 0 Å². The number of ether oxygens (including phenoxy) is 2. The maximum Gasteiger partial charge on any atom is 0.231 e. The van der Waals surface area contributed by atoms with Crippen molar-refractivity contribution in [2.45, 2.75) is 6.92 Å². The quantitative estimate of drug-likeness (QED) is 0.701. The molecule has 4 heteroatoms. The Balaban J connectivity index is 2.35. The van der Waals surface area contributed by atoms with E-state index in [0.29, 0.717) is 6.54 Å². The van der Waals surface area contributed by atoms with E-state index in [9.17, 15) is 4.79 Å². The smallest absolute Gasteiger partial charge is 0.231 e. The number of aryl methyl sites for hydroxylation is 1. The molecule has 0 atom stereocenters. The monoisotopic (exact) mass is 207 g/mol. The number of aldehydes is 1. The van der Waals surface area contributed by atoms with Gasteiger partial charge in [-0.15, -0.1) is 0 Å². The zero-order chi connectivity index (χ0) is 10.8. The van der Waals surface area contributed by atoms with Gasteiger partial charge in [0.2, 0.25) is 6.79 Å². The molecule has 4 nitrogen and oxygen atoms in total. The molecule has 1 aromatic rings. The lowest BCUT2D eigenvalue weighted by Crippen LogP contribution is -2.20. The minimum atomic E-state index is 0.273. The van der Waals surface area contributed by atoms with Gasteiger partial charge >= 0.3 is 0 Å². The Hall–Kier alpha value is -1.71. The minimum absolute atomic E-state index is 0.273. The van der Waals surface area contributed by atoms with Crippen LogP contribution in [0.25, 0.3) is 0 Å². The van der Waals surface area contributed by atoms with Crippen LogP contribution in [0.3, 0.4) is 0 Å². The van der Waals surface area contributed by atoms with E-state index in [1.54, 1.807) is 0 Å². The van der Waals surface area contributed by atoms with Crippen molar-refractivity contribution < 1.29 is 14.3 Å². The van der Waals surface area contributed by atoms with Crippen LogP contribution in [-0.2, 0) is 4.79 Å². The Morgan fingerprint density at radius 1 is 1.40 bits per heavy atom. The molecule has 0 aliphatic carbocycles. The van der Waals surface area contributed by atoms with Crippen LogP contribution in [0.5, 0.6) is 11.5 Å². The van der Waals surface area contributed by atoms with Crippen LogP contribution in [0.1, 0.15) is 5.56 Å². The normalized spacial score (nSPS) is 12.7. The molecule has 0 saturated heterocycles. The van der Waals surface area contributed by atoms with E-state index in [2.05, 4.69) is 0 Å². The molecule has 1 aromatic carbocycles. The molecule has 0 unspecified atom stereocenters. The second-order valence-corrected chi connectivity index (χ2v) is 3.54. The molecule has 0 saturated carbocycles. The van der Waals surface area contributed by atoms with Crippen molar-refractivity contribution in [2.75, 3.05) is 25.3 Å². The van der Waals surface area contributed by atoms with Gasteiger partial charge in [0.25, 0.3) is 0 Å². The molecule has 0 radical (unpaired) electrons. The van der Waals surface area contributed by atoms with Gasteiger partial charge in [0.1, 0.15) is 6.29 Å². The molecular formula is C11H13NO3. The average molecular weight is 207 g/mol. The first-order chi connectivity index (χ1) is 7.22. The number of fused-ring (bicyclic) bond motifs is 1. The number of anilines is 1. The third-order valence-corrected chi connectivity index (χ3v) is 2.45. The second kappa shape index (κ2) is 3.81. The molecule has 0 bridgehead atoms. The summed E-state index contributed by atoms with van der Waals surface area (Å²) < 4.78 is 10.5. The molecule has 80 valence electrons. The molecule has 1 aliphatic heterocycles. The van der Waals surface area contributed by atoms with Crippen LogP contribution in [0.15, 0.2) is 12.1 Å². The van der Waals surface area contributed by atoms with E-state index >= 15 is 0 Å². The SMILES string of the molecule is Cc1cc2c(cc1N(C)CC=O)OCO2. The average Bonchev–Trinajstić information content (AvgIpc) is 2.63. The topological polar surface area (TPSA) is 38.8 Å². The van der Waals surface area contributed by atoms with E-state index in [1.807, 2.05) is 31.0 Å². The number of hydrogen-bond acceptors (Lipinski definition) is 4. The summed E-state index contributed by atoms with van der Waals surface area (Å²) in [6.07, 6.45) is 0.879. The highest BCUT2D eigenvalue weighted by Gasteiger charge is 2.16. The summed E-state index contributed by atoms with van der Waals surface area (Å²) >= 11 is 0. The van der Waals surface area contributed by atoms with Crippen LogP contribution in [0.2, 0.25) is 0 Å². The third-order valence-electron chi connectivity index (χ3n) is 2.45. The highest BCUT2D eigenvalue weighted by Crippen LogP contribution is 2.37. The number of likely N-dealkylation sites (N-methyl/N-ethyl adjacent to an activating group) is 1. The lowest BCUT2D eigenvalue weighted by atomic mass is 10.1. The third kappa shape index (κ3) is 1.75. The van der Waals surface area contributed by atoms with Crippen molar-refractivity contribution in [2.24, 2.45) is 0 Å². The lowest BCUT2D eigenvalue weighted by molar-refractivity contribution is -0.106. The van der Waals surface area contributed by atoms with Crippen LogP contribution >= 0.6 is 0 Å². The fraction of sp³-hybridized carbons (Fsp3) is 0.364. The molecule has 1 aliphatic rings. The van der Waals surface area contributed by atoms with Crippen LogP contribution in [0.4, 0.5) is 5.69 Å². The summed E-state index contributed by atoms with van der Waals surface area (Å²) in [4.78, 5) is 12.3. The number of carbonyl (C=O) groups excluding carboxylic acids is 1. The van der Waals surface area contributed by atoms with Crippen molar-refractivity contribution in [1.82, 2.24) is 0 Å². The van der Waals surface area contributed by atoms with Gasteiger partial charge in [-0.05, 0) is 18.6 Å². The Kier molecular flexibility index (Phi) is 2.49. The van der Waals surface area contributed by atoms with Gasteiger partial charge in [-0.1, -0.05) is 0 Å². The first-order valence-corrected chi connectivity index (χ1v) is 4.77. The molecule has 2 rings (SSSR count). The fourth-order valence-corrected chi connectivity index (χ4v) is 1.65. The van der Waals surface area contributed by atoms with E-state index in [1.165, 1.54) is 0 Å². The van der Waals surface area contributed by atoms with Crippen molar-refractivity contribution in [1.29, 1.82) is 0 Å². The highest BCUT2D eigenvalue weighted by atomic mass is 16.7. The number of nitrogens with zero attached hydrogens (tertiary/aromatic N) is 1. The first-order valence-electron chi connectivity index (χ1n) is 4.77. The summed E-state index contributed by atoms with van der Waals surface area (Å²) in [6.45, 7) is 2.63. The van der Waals surface area contributed by atoms with Crippen LogP contribution < -0.4 is 14.4 Å².